The zero-order valence-electron chi connectivity index (χ0n) is 23.5. The zero-order chi connectivity index (χ0) is 30.0. The lowest BCUT2D eigenvalue weighted by Crippen LogP contribution is -2.58. The Labute approximate surface area is 234 Å². The van der Waals surface area contributed by atoms with Gasteiger partial charge in [-0.1, -0.05) is 45.9 Å². The number of nitrogens with one attached hydrogen (secondary N) is 4. The minimum Gasteiger partial charge on any atom is -0.480 e. The Bertz CT molecular complexity index is 1190. The van der Waals surface area contributed by atoms with E-state index in [0.29, 0.717) is 6.42 Å². The molecule has 0 radical (unpaired) electrons. The van der Waals surface area contributed by atoms with Gasteiger partial charge < -0.3 is 37.5 Å². The first-order valence-electron chi connectivity index (χ1n) is 13.5. The van der Waals surface area contributed by atoms with Crippen molar-refractivity contribution in [1.82, 2.24) is 20.9 Å². The quantitative estimate of drug-likeness (QED) is 0.158. The van der Waals surface area contributed by atoms with E-state index in [1.165, 1.54) is 0 Å². The van der Waals surface area contributed by atoms with E-state index in [4.69, 9.17) is 11.5 Å². The number of rotatable bonds is 16. The van der Waals surface area contributed by atoms with Gasteiger partial charge in [-0.15, -0.1) is 0 Å². The molecule has 2 aromatic rings. The molecular formula is C28H42N6O6. The second-order valence-corrected chi connectivity index (χ2v) is 11.0. The molecule has 0 aliphatic carbocycles. The summed E-state index contributed by atoms with van der Waals surface area (Å²) in [5, 5.41) is 18.2. The summed E-state index contributed by atoms with van der Waals surface area (Å²) < 4.78 is 0. The van der Waals surface area contributed by atoms with Gasteiger partial charge in [0.1, 0.15) is 18.1 Å². The molecule has 4 amide bonds. The first-order chi connectivity index (χ1) is 18.8. The maximum atomic E-state index is 13.6. The topological polar surface area (TPSA) is 209 Å². The monoisotopic (exact) mass is 558 g/mol. The third-order valence-corrected chi connectivity index (χ3v) is 6.43. The molecule has 0 aliphatic heterocycles. The van der Waals surface area contributed by atoms with Gasteiger partial charge in [0, 0.05) is 29.9 Å². The maximum Gasteiger partial charge on any atom is 0.326 e. The number of amides is 4. The van der Waals surface area contributed by atoms with Gasteiger partial charge in [-0.2, -0.15) is 0 Å². The second-order valence-electron chi connectivity index (χ2n) is 11.0. The highest BCUT2D eigenvalue weighted by Gasteiger charge is 2.31. The average Bonchev–Trinajstić information content (AvgIpc) is 3.27. The summed E-state index contributed by atoms with van der Waals surface area (Å²) >= 11 is 0. The van der Waals surface area contributed by atoms with Crippen molar-refractivity contribution >= 4 is 40.5 Å². The molecule has 0 bridgehead atoms. The van der Waals surface area contributed by atoms with Gasteiger partial charge in [0.2, 0.25) is 23.6 Å². The number of carboxylic acid groups (broad SMARTS) is 1. The Kier molecular flexibility index (Phi) is 12.1. The van der Waals surface area contributed by atoms with E-state index in [9.17, 15) is 29.1 Å². The number of nitrogens with two attached hydrogens (primary N) is 2. The molecule has 40 heavy (non-hydrogen) atoms. The molecule has 0 spiro atoms. The number of carbonyl (C=O) groups is 5. The standard InChI is InChI=1S/C28H42N6O6/c1-15(2)11-19(29)25(36)33-23(13-17-14-31-20-8-6-5-7-18(17)20)27(38)34-22(12-16(3)4)26(37)32-21(28(39)40)9-10-24(30)35/h5-8,14-16,19,21-23,31H,9-13,29H2,1-4H3,(H2,30,35)(H,32,37)(H,33,36)(H,34,38)(H,39,40). The first kappa shape index (κ1) is 32.3. The lowest BCUT2D eigenvalue weighted by molar-refractivity contribution is -0.142. The van der Waals surface area contributed by atoms with E-state index in [-0.39, 0.29) is 37.5 Å². The van der Waals surface area contributed by atoms with Crippen LogP contribution in [0.4, 0.5) is 0 Å². The van der Waals surface area contributed by atoms with Gasteiger partial charge in [0.15, 0.2) is 0 Å². The van der Waals surface area contributed by atoms with Crippen LogP contribution in [0.3, 0.4) is 0 Å². The van der Waals surface area contributed by atoms with Gasteiger partial charge in [-0.05, 0) is 42.7 Å². The Hall–Kier alpha value is -3.93. The van der Waals surface area contributed by atoms with E-state index in [2.05, 4.69) is 20.9 Å². The maximum absolute atomic E-state index is 13.6. The van der Waals surface area contributed by atoms with Crippen LogP contribution < -0.4 is 27.4 Å². The van der Waals surface area contributed by atoms with Crippen molar-refractivity contribution in [2.24, 2.45) is 23.3 Å². The van der Waals surface area contributed by atoms with Crippen LogP contribution in [-0.2, 0) is 30.4 Å². The molecule has 4 unspecified atom stereocenters. The van der Waals surface area contributed by atoms with Crippen molar-refractivity contribution in [3.8, 4) is 0 Å². The molecule has 12 nitrogen and oxygen atoms in total. The van der Waals surface area contributed by atoms with Crippen LogP contribution in [0, 0.1) is 11.8 Å². The normalized spacial score (nSPS) is 14.4. The van der Waals surface area contributed by atoms with Gasteiger partial charge in [0.25, 0.3) is 0 Å². The number of hydrogen-bond donors (Lipinski definition) is 7. The number of aromatic amines is 1. The van der Waals surface area contributed by atoms with Crippen molar-refractivity contribution in [3.05, 3.63) is 36.0 Å². The summed E-state index contributed by atoms with van der Waals surface area (Å²) in [4.78, 5) is 65.6. The van der Waals surface area contributed by atoms with Crippen LogP contribution in [-0.4, -0.2) is 63.9 Å². The molecule has 0 saturated carbocycles. The molecule has 0 aliphatic rings. The van der Waals surface area contributed by atoms with E-state index in [1.807, 2.05) is 52.0 Å². The van der Waals surface area contributed by atoms with Crippen molar-refractivity contribution in [1.29, 1.82) is 0 Å². The predicted octanol–water partition coefficient (Wildman–Crippen LogP) is 0.934. The fourth-order valence-corrected chi connectivity index (χ4v) is 4.41. The minimum atomic E-state index is -1.36. The molecule has 1 heterocycles. The number of aliphatic carboxylic acids is 1. The number of para-hydroxylation sites is 1. The number of aromatic nitrogens is 1. The molecule has 220 valence electrons. The van der Waals surface area contributed by atoms with Gasteiger partial charge in [-0.25, -0.2) is 4.79 Å². The SMILES string of the molecule is CC(C)CC(N)C(=O)NC(Cc1c[nH]c2ccccc12)C(=O)NC(CC(C)C)C(=O)NC(CCC(N)=O)C(=O)O. The molecule has 0 saturated heterocycles. The lowest BCUT2D eigenvalue weighted by atomic mass is 9.99. The van der Waals surface area contributed by atoms with Crippen LogP contribution in [0.1, 0.15) is 58.9 Å². The molecule has 0 fully saturated rings. The van der Waals surface area contributed by atoms with Crippen LogP contribution in [0.25, 0.3) is 10.9 Å². The molecule has 9 N–H and O–H groups in total. The zero-order valence-corrected chi connectivity index (χ0v) is 23.5. The second kappa shape index (κ2) is 15.0. The summed E-state index contributed by atoms with van der Waals surface area (Å²) in [5.41, 5.74) is 12.9. The van der Waals surface area contributed by atoms with Crippen molar-refractivity contribution in [2.45, 2.75) is 84.0 Å². The highest BCUT2D eigenvalue weighted by molar-refractivity contribution is 5.95. The van der Waals surface area contributed by atoms with Crippen molar-refractivity contribution < 1.29 is 29.1 Å². The van der Waals surface area contributed by atoms with Crippen molar-refractivity contribution in [2.75, 3.05) is 0 Å². The highest BCUT2D eigenvalue weighted by Crippen LogP contribution is 2.19. The highest BCUT2D eigenvalue weighted by atomic mass is 16.4. The Morgan fingerprint density at radius 1 is 0.850 bits per heavy atom. The summed E-state index contributed by atoms with van der Waals surface area (Å²) in [6.07, 6.45) is 2.11. The molecule has 2 rings (SSSR count). The number of carbonyl (C=O) groups excluding carboxylic acids is 4. The molecular weight excluding hydrogens is 516 g/mol. The summed E-state index contributed by atoms with van der Waals surface area (Å²) in [6.45, 7) is 7.58. The Balaban J connectivity index is 2.29. The number of carboxylic acids is 1. The summed E-state index contributed by atoms with van der Waals surface area (Å²) in [5.74, 6) is -3.71. The molecule has 1 aromatic carbocycles. The number of benzene rings is 1. The Morgan fingerprint density at radius 2 is 1.43 bits per heavy atom. The van der Waals surface area contributed by atoms with Gasteiger partial charge in [0.05, 0.1) is 6.04 Å². The number of primary amides is 1. The minimum absolute atomic E-state index is 0.0360. The van der Waals surface area contributed by atoms with Crippen LogP contribution in [0.15, 0.2) is 30.5 Å². The molecule has 4 atom stereocenters. The average molecular weight is 559 g/mol. The predicted molar refractivity (Wildman–Crippen MR) is 151 cm³/mol. The number of fused-ring (bicyclic) bond motifs is 1. The first-order valence-corrected chi connectivity index (χ1v) is 13.5. The third kappa shape index (κ3) is 9.99. The smallest absolute Gasteiger partial charge is 0.326 e. The van der Waals surface area contributed by atoms with Gasteiger partial charge in [-0.3, -0.25) is 19.2 Å². The number of H-pyrrole nitrogens is 1. The van der Waals surface area contributed by atoms with Crippen LogP contribution in [0.2, 0.25) is 0 Å². The van der Waals surface area contributed by atoms with E-state index in [1.54, 1.807) is 6.20 Å². The fraction of sp³-hybridized carbons (Fsp3) is 0.536. The Morgan fingerprint density at radius 3 is 2.02 bits per heavy atom. The van der Waals surface area contributed by atoms with Gasteiger partial charge >= 0.3 is 5.97 Å². The fourth-order valence-electron chi connectivity index (χ4n) is 4.41. The molecule has 1 aromatic heterocycles. The van der Waals surface area contributed by atoms with E-state index < -0.39 is 53.8 Å². The lowest BCUT2D eigenvalue weighted by Gasteiger charge is -2.26. The largest absolute Gasteiger partial charge is 0.480 e. The summed E-state index contributed by atoms with van der Waals surface area (Å²) in [6, 6.07) is 3.21. The summed E-state index contributed by atoms with van der Waals surface area (Å²) in [7, 11) is 0. The van der Waals surface area contributed by atoms with Crippen LogP contribution >= 0.6 is 0 Å². The van der Waals surface area contributed by atoms with E-state index in [0.717, 1.165) is 16.5 Å². The van der Waals surface area contributed by atoms with E-state index >= 15 is 0 Å². The number of hydrogen-bond acceptors (Lipinski definition) is 6. The molecule has 12 heteroatoms. The van der Waals surface area contributed by atoms with Crippen LogP contribution in [0.5, 0.6) is 0 Å². The third-order valence-electron chi connectivity index (χ3n) is 6.43. The van der Waals surface area contributed by atoms with Crippen molar-refractivity contribution in [3.63, 3.8) is 0 Å².